The lowest BCUT2D eigenvalue weighted by atomic mass is 10.0. The zero-order valence-electron chi connectivity index (χ0n) is 7.93. The van der Waals surface area contributed by atoms with Gasteiger partial charge in [-0.15, -0.1) is 0 Å². The number of aliphatic hydroxyl groups excluding tert-OH is 1. The standard InChI is InChI=1S/C9H21NO/c1-4-10-9(7-11)6-5-8(2)3/h8-11H,4-7H2,1-3H3. The van der Waals surface area contributed by atoms with E-state index in [2.05, 4.69) is 26.1 Å². The van der Waals surface area contributed by atoms with Crippen LogP contribution < -0.4 is 5.32 Å². The van der Waals surface area contributed by atoms with Crippen LogP contribution in [0.1, 0.15) is 33.6 Å². The number of nitrogens with one attached hydrogen (secondary N) is 1. The molecule has 2 heteroatoms. The summed E-state index contributed by atoms with van der Waals surface area (Å²) < 4.78 is 0. The predicted octanol–water partition coefficient (Wildman–Crippen LogP) is 1.39. The molecule has 0 amide bonds. The van der Waals surface area contributed by atoms with Crippen LogP contribution in [0, 0.1) is 5.92 Å². The molecule has 0 aliphatic carbocycles. The van der Waals surface area contributed by atoms with Crippen molar-refractivity contribution in [3.05, 3.63) is 0 Å². The van der Waals surface area contributed by atoms with Crippen molar-refractivity contribution in [2.24, 2.45) is 5.92 Å². The third-order valence-electron chi connectivity index (χ3n) is 1.81. The molecule has 0 aromatic heterocycles. The van der Waals surface area contributed by atoms with Crippen LogP contribution in [0.2, 0.25) is 0 Å². The summed E-state index contributed by atoms with van der Waals surface area (Å²) in [6, 6.07) is 0.308. The molecule has 0 saturated heterocycles. The molecule has 0 aliphatic rings. The van der Waals surface area contributed by atoms with E-state index in [9.17, 15) is 0 Å². The van der Waals surface area contributed by atoms with Gasteiger partial charge in [0.15, 0.2) is 0 Å². The van der Waals surface area contributed by atoms with E-state index in [1.807, 2.05) is 0 Å². The third-order valence-corrected chi connectivity index (χ3v) is 1.81. The van der Waals surface area contributed by atoms with Crippen LogP contribution in [0.5, 0.6) is 0 Å². The molecule has 2 nitrogen and oxygen atoms in total. The Morgan fingerprint density at radius 1 is 1.27 bits per heavy atom. The van der Waals surface area contributed by atoms with E-state index in [4.69, 9.17) is 5.11 Å². The number of rotatable bonds is 6. The first-order valence-electron chi connectivity index (χ1n) is 4.55. The van der Waals surface area contributed by atoms with Gasteiger partial charge < -0.3 is 10.4 Å². The molecule has 0 spiro atoms. The lowest BCUT2D eigenvalue weighted by Crippen LogP contribution is -2.32. The van der Waals surface area contributed by atoms with E-state index >= 15 is 0 Å². The third kappa shape index (κ3) is 6.32. The Morgan fingerprint density at radius 2 is 1.91 bits per heavy atom. The summed E-state index contributed by atoms with van der Waals surface area (Å²) in [5, 5.41) is 12.1. The van der Waals surface area contributed by atoms with Gasteiger partial charge in [-0.25, -0.2) is 0 Å². The van der Waals surface area contributed by atoms with Gasteiger partial charge in [-0.05, 0) is 25.3 Å². The molecule has 0 aromatic rings. The fourth-order valence-corrected chi connectivity index (χ4v) is 1.08. The van der Waals surface area contributed by atoms with E-state index in [0.29, 0.717) is 6.04 Å². The zero-order valence-corrected chi connectivity index (χ0v) is 7.93. The molecule has 0 bridgehead atoms. The van der Waals surface area contributed by atoms with Gasteiger partial charge in [-0.2, -0.15) is 0 Å². The molecule has 0 heterocycles. The Hall–Kier alpha value is -0.0800. The van der Waals surface area contributed by atoms with Crippen molar-refractivity contribution in [2.75, 3.05) is 13.2 Å². The minimum absolute atomic E-state index is 0.264. The highest BCUT2D eigenvalue weighted by atomic mass is 16.3. The first-order chi connectivity index (χ1) is 5.20. The molecule has 0 rings (SSSR count). The maximum atomic E-state index is 8.91. The van der Waals surface area contributed by atoms with Crippen LogP contribution in [0.15, 0.2) is 0 Å². The van der Waals surface area contributed by atoms with Crippen LogP contribution in [0.25, 0.3) is 0 Å². The molecule has 0 saturated carbocycles. The van der Waals surface area contributed by atoms with Gasteiger partial charge >= 0.3 is 0 Å². The Balaban J connectivity index is 3.35. The summed E-state index contributed by atoms with van der Waals surface area (Å²) in [5.74, 6) is 0.739. The Bertz CT molecular complexity index is 83.6. The second kappa shape index (κ2) is 6.62. The lowest BCUT2D eigenvalue weighted by Gasteiger charge is -2.15. The summed E-state index contributed by atoms with van der Waals surface area (Å²) in [7, 11) is 0. The SMILES string of the molecule is CCNC(CO)CCC(C)C. The fourth-order valence-electron chi connectivity index (χ4n) is 1.08. The van der Waals surface area contributed by atoms with Crippen molar-refractivity contribution in [1.82, 2.24) is 5.32 Å². The summed E-state index contributed by atoms with van der Waals surface area (Å²) >= 11 is 0. The van der Waals surface area contributed by atoms with Crippen LogP contribution in [0.3, 0.4) is 0 Å². The van der Waals surface area contributed by atoms with Crippen molar-refractivity contribution < 1.29 is 5.11 Å². The molecular formula is C9H21NO. The molecule has 2 N–H and O–H groups in total. The molecule has 11 heavy (non-hydrogen) atoms. The van der Waals surface area contributed by atoms with E-state index in [1.54, 1.807) is 0 Å². The average molecular weight is 159 g/mol. The summed E-state index contributed by atoms with van der Waals surface area (Å²) in [6.45, 7) is 7.70. The van der Waals surface area contributed by atoms with Gasteiger partial charge in [0.05, 0.1) is 6.61 Å². The maximum absolute atomic E-state index is 8.91. The van der Waals surface area contributed by atoms with Crippen molar-refractivity contribution in [3.63, 3.8) is 0 Å². The van der Waals surface area contributed by atoms with Crippen LogP contribution in [0.4, 0.5) is 0 Å². The van der Waals surface area contributed by atoms with Gasteiger partial charge in [0.25, 0.3) is 0 Å². The van der Waals surface area contributed by atoms with Crippen LogP contribution >= 0.6 is 0 Å². The summed E-state index contributed by atoms with van der Waals surface area (Å²) in [5.41, 5.74) is 0. The number of hydrogen-bond acceptors (Lipinski definition) is 2. The minimum Gasteiger partial charge on any atom is -0.395 e. The first kappa shape index (κ1) is 10.9. The fraction of sp³-hybridized carbons (Fsp3) is 1.00. The first-order valence-corrected chi connectivity index (χ1v) is 4.55. The maximum Gasteiger partial charge on any atom is 0.0584 e. The molecule has 1 atom stereocenters. The van der Waals surface area contributed by atoms with Gasteiger partial charge in [0.1, 0.15) is 0 Å². The van der Waals surface area contributed by atoms with Crippen molar-refractivity contribution >= 4 is 0 Å². The molecule has 0 fully saturated rings. The second-order valence-electron chi connectivity index (χ2n) is 3.41. The molecule has 68 valence electrons. The van der Waals surface area contributed by atoms with Crippen molar-refractivity contribution in [3.8, 4) is 0 Å². The van der Waals surface area contributed by atoms with E-state index in [-0.39, 0.29) is 6.61 Å². The van der Waals surface area contributed by atoms with Gasteiger partial charge in [-0.1, -0.05) is 20.8 Å². The average Bonchev–Trinajstić information content (AvgIpc) is 1.97. The molecule has 0 radical (unpaired) electrons. The van der Waals surface area contributed by atoms with Crippen molar-refractivity contribution in [1.29, 1.82) is 0 Å². The second-order valence-corrected chi connectivity index (χ2v) is 3.41. The predicted molar refractivity (Wildman–Crippen MR) is 48.6 cm³/mol. The zero-order chi connectivity index (χ0) is 8.69. The number of likely N-dealkylation sites (N-methyl/N-ethyl adjacent to an activating group) is 1. The highest BCUT2D eigenvalue weighted by Gasteiger charge is 2.05. The monoisotopic (exact) mass is 159 g/mol. The van der Waals surface area contributed by atoms with E-state index < -0.39 is 0 Å². The highest BCUT2D eigenvalue weighted by Crippen LogP contribution is 2.05. The number of aliphatic hydroxyl groups is 1. The van der Waals surface area contributed by atoms with Gasteiger partial charge in [0, 0.05) is 6.04 Å². The Morgan fingerprint density at radius 3 is 2.27 bits per heavy atom. The molecular weight excluding hydrogens is 138 g/mol. The Labute approximate surface area is 70.0 Å². The highest BCUT2D eigenvalue weighted by molar-refractivity contribution is 4.64. The number of hydrogen-bond donors (Lipinski definition) is 2. The largest absolute Gasteiger partial charge is 0.395 e. The summed E-state index contributed by atoms with van der Waals surface area (Å²) in [6.07, 6.45) is 2.28. The normalized spacial score (nSPS) is 13.9. The van der Waals surface area contributed by atoms with Gasteiger partial charge in [0.2, 0.25) is 0 Å². The molecule has 1 unspecified atom stereocenters. The lowest BCUT2D eigenvalue weighted by molar-refractivity contribution is 0.231. The van der Waals surface area contributed by atoms with E-state index in [0.717, 1.165) is 18.9 Å². The van der Waals surface area contributed by atoms with Crippen LogP contribution in [-0.2, 0) is 0 Å². The summed E-state index contributed by atoms with van der Waals surface area (Å²) in [4.78, 5) is 0. The Kier molecular flexibility index (Phi) is 6.57. The minimum atomic E-state index is 0.264. The molecule has 0 aromatic carbocycles. The smallest absolute Gasteiger partial charge is 0.0584 e. The van der Waals surface area contributed by atoms with Crippen molar-refractivity contribution in [2.45, 2.75) is 39.7 Å². The topological polar surface area (TPSA) is 32.3 Å². The quantitative estimate of drug-likeness (QED) is 0.614. The van der Waals surface area contributed by atoms with Gasteiger partial charge in [-0.3, -0.25) is 0 Å². The molecule has 0 aliphatic heterocycles. The van der Waals surface area contributed by atoms with E-state index in [1.165, 1.54) is 6.42 Å². The van der Waals surface area contributed by atoms with Crippen LogP contribution in [-0.4, -0.2) is 24.3 Å².